The molecule has 0 amide bonds. The molecule has 0 spiro atoms. The van der Waals surface area contributed by atoms with E-state index >= 15 is 0 Å². The van der Waals surface area contributed by atoms with E-state index in [0.29, 0.717) is 11.5 Å². The highest BCUT2D eigenvalue weighted by atomic mass is 16.5. The van der Waals surface area contributed by atoms with Gasteiger partial charge < -0.3 is 10.5 Å². The molecular weight excluding hydrogens is 186 g/mol. The van der Waals surface area contributed by atoms with Crippen molar-refractivity contribution in [3.05, 3.63) is 29.8 Å². The molecular formula is C13H17NO. The fourth-order valence-corrected chi connectivity index (χ4v) is 2.03. The predicted molar refractivity (Wildman–Crippen MR) is 60.1 cm³/mol. The number of hydrogen-bond donors (Lipinski definition) is 1. The van der Waals surface area contributed by atoms with Gasteiger partial charge in [0.1, 0.15) is 5.75 Å². The van der Waals surface area contributed by atoms with Gasteiger partial charge in [0.15, 0.2) is 0 Å². The second-order valence-electron chi connectivity index (χ2n) is 4.83. The fraction of sp³-hybridized carbons (Fsp3) is 0.538. The minimum absolute atomic E-state index is 0.304. The molecule has 15 heavy (non-hydrogen) atoms. The highest BCUT2D eigenvalue weighted by Crippen LogP contribution is 2.47. The summed E-state index contributed by atoms with van der Waals surface area (Å²) in [5.74, 6) is 1.01. The van der Waals surface area contributed by atoms with E-state index < -0.39 is 0 Å². The van der Waals surface area contributed by atoms with Crippen molar-refractivity contribution >= 4 is 0 Å². The quantitative estimate of drug-likeness (QED) is 0.814. The molecule has 3 rings (SSSR count). The molecule has 0 heterocycles. The van der Waals surface area contributed by atoms with Crippen LogP contribution < -0.4 is 10.5 Å². The zero-order valence-electron chi connectivity index (χ0n) is 8.91. The zero-order valence-corrected chi connectivity index (χ0v) is 8.91. The molecule has 2 heteroatoms. The van der Waals surface area contributed by atoms with E-state index in [1.54, 1.807) is 0 Å². The van der Waals surface area contributed by atoms with E-state index in [9.17, 15) is 0 Å². The first-order valence-electron chi connectivity index (χ1n) is 5.80. The Morgan fingerprint density at radius 3 is 2.33 bits per heavy atom. The number of benzene rings is 1. The Morgan fingerprint density at radius 1 is 1.20 bits per heavy atom. The Hall–Kier alpha value is -1.02. The molecule has 2 fully saturated rings. The molecule has 0 aromatic heterocycles. The molecule has 0 aliphatic heterocycles. The monoisotopic (exact) mass is 203 g/mol. The Balaban J connectivity index is 1.75. The van der Waals surface area contributed by atoms with Crippen LogP contribution >= 0.6 is 0 Å². The molecule has 0 saturated heterocycles. The normalized spacial score (nSPS) is 22.5. The maximum Gasteiger partial charge on any atom is 0.119 e. The van der Waals surface area contributed by atoms with Gasteiger partial charge in [-0.1, -0.05) is 12.1 Å². The number of hydrogen-bond acceptors (Lipinski definition) is 2. The van der Waals surface area contributed by atoms with E-state index in [4.69, 9.17) is 10.5 Å². The van der Waals surface area contributed by atoms with Crippen LogP contribution in [0.4, 0.5) is 0 Å². The smallest absolute Gasteiger partial charge is 0.119 e. The third-order valence-electron chi connectivity index (χ3n) is 3.54. The van der Waals surface area contributed by atoms with Crippen molar-refractivity contribution in [2.75, 3.05) is 6.54 Å². The van der Waals surface area contributed by atoms with Crippen LogP contribution in [-0.2, 0) is 5.41 Å². The minimum atomic E-state index is 0.304. The van der Waals surface area contributed by atoms with Crippen LogP contribution in [0, 0.1) is 0 Å². The van der Waals surface area contributed by atoms with Crippen LogP contribution in [0.15, 0.2) is 24.3 Å². The van der Waals surface area contributed by atoms with E-state index in [0.717, 1.165) is 12.3 Å². The average Bonchev–Trinajstić information content (AvgIpc) is 3.14. The lowest BCUT2D eigenvalue weighted by Gasteiger charge is -2.13. The van der Waals surface area contributed by atoms with Crippen LogP contribution in [0.2, 0.25) is 0 Å². The average molecular weight is 203 g/mol. The van der Waals surface area contributed by atoms with Gasteiger partial charge in [-0.2, -0.15) is 0 Å². The van der Waals surface area contributed by atoms with Gasteiger partial charge >= 0.3 is 0 Å². The lowest BCUT2D eigenvalue weighted by molar-refractivity contribution is 0.303. The summed E-state index contributed by atoms with van der Waals surface area (Å²) in [5, 5.41) is 0. The molecule has 0 atom stereocenters. The van der Waals surface area contributed by atoms with Gasteiger partial charge in [-0.3, -0.25) is 0 Å². The molecule has 0 bridgehead atoms. The van der Waals surface area contributed by atoms with E-state index in [1.165, 1.54) is 31.2 Å². The molecule has 2 aliphatic rings. The fourth-order valence-electron chi connectivity index (χ4n) is 2.03. The third kappa shape index (κ3) is 1.74. The maximum absolute atomic E-state index is 5.80. The molecule has 0 unspecified atom stereocenters. The van der Waals surface area contributed by atoms with Gasteiger partial charge in [0.25, 0.3) is 0 Å². The first-order chi connectivity index (χ1) is 7.32. The number of nitrogens with two attached hydrogens (primary N) is 1. The van der Waals surface area contributed by atoms with Gasteiger partial charge in [0.2, 0.25) is 0 Å². The Morgan fingerprint density at radius 2 is 1.87 bits per heavy atom. The molecule has 1 aromatic rings. The molecule has 2 nitrogen and oxygen atoms in total. The van der Waals surface area contributed by atoms with Gasteiger partial charge in [-0.25, -0.2) is 0 Å². The van der Waals surface area contributed by atoms with Crippen LogP contribution in [-0.4, -0.2) is 12.6 Å². The van der Waals surface area contributed by atoms with Gasteiger partial charge in [-0.05, 0) is 43.4 Å². The van der Waals surface area contributed by atoms with Gasteiger partial charge in [0, 0.05) is 12.0 Å². The second kappa shape index (κ2) is 3.24. The SMILES string of the molecule is NCC1(c2ccc(OC3CC3)cc2)CC1. The summed E-state index contributed by atoms with van der Waals surface area (Å²) >= 11 is 0. The van der Waals surface area contributed by atoms with E-state index in [-0.39, 0.29) is 0 Å². The lowest BCUT2D eigenvalue weighted by atomic mass is 9.96. The largest absolute Gasteiger partial charge is 0.490 e. The highest BCUT2D eigenvalue weighted by molar-refractivity contribution is 5.36. The first kappa shape index (κ1) is 9.22. The minimum Gasteiger partial charge on any atom is -0.490 e. The maximum atomic E-state index is 5.80. The van der Waals surface area contributed by atoms with Crippen LogP contribution in [0.3, 0.4) is 0 Å². The molecule has 2 saturated carbocycles. The van der Waals surface area contributed by atoms with E-state index in [2.05, 4.69) is 24.3 Å². The summed E-state index contributed by atoms with van der Waals surface area (Å²) in [5.41, 5.74) is 7.48. The van der Waals surface area contributed by atoms with Crippen molar-refractivity contribution in [2.45, 2.75) is 37.2 Å². The topological polar surface area (TPSA) is 35.2 Å². The third-order valence-corrected chi connectivity index (χ3v) is 3.54. The molecule has 2 N–H and O–H groups in total. The van der Waals surface area contributed by atoms with Crippen LogP contribution in [0.1, 0.15) is 31.2 Å². The Bertz CT molecular complexity index is 349. The van der Waals surface area contributed by atoms with Crippen molar-refractivity contribution in [3.8, 4) is 5.75 Å². The van der Waals surface area contributed by atoms with Crippen molar-refractivity contribution in [2.24, 2.45) is 5.73 Å². The molecule has 2 aliphatic carbocycles. The van der Waals surface area contributed by atoms with Crippen molar-refractivity contribution in [1.29, 1.82) is 0 Å². The predicted octanol–water partition coefficient (Wildman–Crippen LogP) is 2.22. The van der Waals surface area contributed by atoms with Crippen molar-refractivity contribution in [3.63, 3.8) is 0 Å². The molecule has 0 radical (unpaired) electrons. The second-order valence-corrected chi connectivity index (χ2v) is 4.83. The Labute approximate surface area is 90.4 Å². The number of ether oxygens (including phenoxy) is 1. The van der Waals surface area contributed by atoms with Crippen molar-refractivity contribution < 1.29 is 4.74 Å². The Kier molecular flexibility index (Phi) is 1.99. The van der Waals surface area contributed by atoms with E-state index in [1.807, 2.05) is 0 Å². The summed E-state index contributed by atoms with van der Waals surface area (Å²) in [7, 11) is 0. The van der Waals surface area contributed by atoms with Gasteiger partial charge in [-0.15, -0.1) is 0 Å². The number of rotatable bonds is 4. The molecule has 1 aromatic carbocycles. The first-order valence-corrected chi connectivity index (χ1v) is 5.80. The van der Waals surface area contributed by atoms with Crippen LogP contribution in [0.25, 0.3) is 0 Å². The van der Waals surface area contributed by atoms with Gasteiger partial charge in [0.05, 0.1) is 6.10 Å². The lowest BCUT2D eigenvalue weighted by Crippen LogP contribution is -2.19. The molecule has 80 valence electrons. The standard InChI is InChI=1S/C13H17NO/c14-9-13(7-8-13)10-1-3-11(4-2-10)15-12-5-6-12/h1-4,12H,5-9,14H2. The zero-order chi connectivity index (χ0) is 10.3. The highest BCUT2D eigenvalue weighted by Gasteiger charge is 2.42. The van der Waals surface area contributed by atoms with Crippen molar-refractivity contribution in [1.82, 2.24) is 0 Å². The van der Waals surface area contributed by atoms with Crippen LogP contribution in [0.5, 0.6) is 5.75 Å². The summed E-state index contributed by atoms with van der Waals surface area (Å²) in [4.78, 5) is 0. The summed E-state index contributed by atoms with van der Waals surface area (Å²) in [6.45, 7) is 0.774. The summed E-state index contributed by atoms with van der Waals surface area (Å²) in [6, 6.07) is 8.53. The summed E-state index contributed by atoms with van der Waals surface area (Å²) in [6.07, 6.45) is 5.40. The summed E-state index contributed by atoms with van der Waals surface area (Å²) < 4.78 is 5.72.